The van der Waals surface area contributed by atoms with Crippen LogP contribution >= 0.6 is 0 Å². The molecule has 3 aromatic heterocycles. The minimum absolute atomic E-state index is 0.296. The lowest BCUT2D eigenvalue weighted by molar-refractivity contribution is 0.613. The predicted octanol–water partition coefficient (Wildman–Crippen LogP) is 2.07. The van der Waals surface area contributed by atoms with Gasteiger partial charge in [0.1, 0.15) is 17.2 Å². The third-order valence-corrected chi connectivity index (χ3v) is 2.32. The first-order valence-electron chi connectivity index (χ1n) is 4.84. The Morgan fingerprint density at radius 1 is 0.882 bits per heavy atom. The molecule has 0 atom stereocenters. The van der Waals surface area contributed by atoms with E-state index in [1.165, 1.54) is 22.9 Å². The third-order valence-electron chi connectivity index (χ3n) is 2.32. The predicted molar refractivity (Wildman–Crippen MR) is 56.1 cm³/mol. The van der Waals surface area contributed by atoms with E-state index in [1.54, 1.807) is 6.07 Å². The zero-order valence-corrected chi connectivity index (χ0v) is 8.51. The monoisotopic (exact) mass is 232 g/mol. The molecule has 3 aromatic rings. The van der Waals surface area contributed by atoms with Crippen LogP contribution in [-0.2, 0) is 0 Å². The van der Waals surface area contributed by atoms with Crippen LogP contribution in [0.2, 0.25) is 0 Å². The molecule has 0 bridgehead atoms. The molecular formula is C11H6F2N4. The summed E-state index contributed by atoms with van der Waals surface area (Å²) in [7, 11) is 0. The Labute approximate surface area is 94.6 Å². The van der Waals surface area contributed by atoms with E-state index < -0.39 is 5.82 Å². The molecule has 17 heavy (non-hydrogen) atoms. The maximum absolute atomic E-state index is 13.1. The van der Waals surface area contributed by atoms with Gasteiger partial charge in [0, 0.05) is 6.20 Å². The minimum atomic E-state index is -0.520. The molecule has 0 amide bonds. The molecule has 6 heteroatoms. The van der Waals surface area contributed by atoms with Gasteiger partial charge in [-0.3, -0.25) is 4.40 Å². The molecule has 0 aliphatic carbocycles. The van der Waals surface area contributed by atoms with Gasteiger partial charge in [0.25, 0.3) is 0 Å². The smallest absolute Gasteiger partial charge is 0.178 e. The summed E-state index contributed by atoms with van der Waals surface area (Å²) < 4.78 is 27.3. The lowest BCUT2D eigenvalue weighted by Gasteiger charge is -1.99. The Hall–Kier alpha value is -2.37. The summed E-state index contributed by atoms with van der Waals surface area (Å²) in [5, 5.41) is 0. The average molecular weight is 232 g/mol. The van der Waals surface area contributed by atoms with Crippen LogP contribution in [0.3, 0.4) is 0 Å². The van der Waals surface area contributed by atoms with Gasteiger partial charge in [0.2, 0.25) is 0 Å². The van der Waals surface area contributed by atoms with Gasteiger partial charge in [-0.25, -0.2) is 23.7 Å². The van der Waals surface area contributed by atoms with Crippen LogP contribution in [0, 0.1) is 11.6 Å². The van der Waals surface area contributed by atoms with Crippen molar-refractivity contribution in [1.82, 2.24) is 19.4 Å². The third kappa shape index (κ3) is 1.63. The second kappa shape index (κ2) is 3.58. The molecular weight excluding hydrogens is 226 g/mol. The van der Waals surface area contributed by atoms with Crippen molar-refractivity contribution in [1.29, 1.82) is 0 Å². The van der Waals surface area contributed by atoms with Gasteiger partial charge < -0.3 is 0 Å². The van der Waals surface area contributed by atoms with Gasteiger partial charge >= 0.3 is 0 Å². The van der Waals surface area contributed by atoms with Crippen molar-refractivity contribution >= 4 is 5.65 Å². The van der Waals surface area contributed by atoms with E-state index >= 15 is 0 Å². The maximum atomic E-state index is 13.1. The Kier molecular flexibility index (Phi) is 2.07. The normalized spacial score (nSPS) is 10.9. The highest BCUT2D eigenvalue weighted by Gasteiger charge is 2.09. The Balaban J connectivity index is 2.23. The molecule has 0 spiro atoms. The van der Waals surface area contributed by atoms with E-state index in [4.69, 9.17) is 0 Å². The standard InChI is InChI=1S/C11H6F2N4/c12-7-1-2-10-14-5-9(17(10)6-7)11-15-3-8(13)4-16-11/h1-6H. The summed E-state index contributed by atoms with van der Waals surface area (Å²) in [5.41, 5.74) is 1.09. The second-order valence-electron chi connectivity index (χ2n) is 3.44. The van der Waals surface area contributed by atoms with Crippen LogP contribution in [0.1, 0.15) is 0 Å². The van der Waals surface area contributed by atoms with Crippen LogP contribution in [-0.4, -0.2) is 19.4 Å². The Bertz CT molecular complexity index is 676. The van der Waals surface area contributed by atoms with E-state index in [0.717, 1.165) is 12.4 Å². The van der Waals surface area contributed by atoms with Crippen LogP contribution < -0.4 is 0 Å². The van der Waals surface area contributed by atoms with Gasteiger partial charge in [0.15, 0.2) is 11.6 Å². The molecule has 0 aromatic carbocycles. The number of fused-ring (bicyclic) bond motifs is 1. The van der Waals surface area contributed by atoms with Crippen LogP contribution in [0.15, 0.2) is 36.9 Å². The summed E-state index contributed by atoms with van der Waals surface area (Å²) in [6, 6.07) is 2.86. The van der Waals surface area contributed by atoms with Crippen molar-refractivity contribution in [2.75, 3.05) is 0 Å². The molecule has 0 saturated carbocycles. The molecule has 3 rings (SSSR count). The maximum Gasteiger partial charge on any atom is 0.178 e. The van der Waals surface area contributed by atoms with Crippen molar-refractivity contribution in [3.63, 3.8) is 0 Å². The van der Waals surface area contributed by atoms with E-state index in [-0.39, 0.29) is 5.82 Å². The van der Waals surface area contributed by atoms with Crippen LogP contribution in [0.5, 0.6) is 0 Å². The first kappa shape index (κ1) is 9.83. The zero-order valence-electron chi connectivity index (χ0n) is 8.51. The number of aromatic nitrogens is 4. The number of halogens is 2. The minimum Gasteiger partial charge on any atom is -0.294 e. The fourth-order valence-corrected chi connectivity index (χ4v) is 1.56. The van der Waals surface area contributed by atoms with Gasteiger partial charge in [-0.05, 0) is 12.1 Å². The molecule has 0 fully saturated rings. The molecule has 0 aliphatic rings. The van der Waals surface area contributed by atoms with Gasteiger partial charge in [0.05, 0.1) is 18.6 Å². The number of imidazole rings is 1. The van der Waals surface area contributed by atoms with Crippen molar-refractivity contribution in [3.05, 3.63) is 48.6 Å². The average Bonchev–Trinajstić information content (AvgIpc) is 2.73. The first-order valence-corrected chi connectivity index (χ1v) is 4.84. The lowest BCUT2D eigenvalue weighted by atomic mass is 10.4. The van der Waals surface area contributed by atoms with E-state index in [1.807, 2.05) is 0 Å². The highest BCUT2D eigenvalue weighted by Crippen LogP contribution is 2.17. The molecule has 0 unspecified atom stereocenters. The summed E-state index contributed by atoms with van der Waals surface area (Å²) >= 11 is 0. The van der Waals surface area contributed by atoms with Crippen molar-refractivity contribution in [2.24, 2.45) is 0 Å². The number of pyridine rings is 1. The lowest BCUT2D eigenvalue weighted by Crippen LogP contribution is -1.94. The highest BCUT2D eigenvalue weighted by molar-refractivity contribution is 5.56. The topological polar surface area (TPSA) is 43.1 Å². The van der Waals surface area contributed by atoms with E-state index in [2.05, 4.69) is 15.0 Å². The fraction of sp³-hybridized carbons (Fsp3) is 0. The van der Waals surface area contributed by atoms with Crippen molar-refractivity contribution in [2.45, 2.75) is 0 Å². The number of nitrogens with zero attached hydrogens (tertiary/aromatic N) is 4. The molecule has 84 valence electrons. The number of hydrogen-bond acceptors (Lipinski definition) is 3. The molecule has 4 nitrogen and oxygen atoms in total. The molecule has 3 heterocycles. The molecule has 0 saturated heterocycles. The van der Waals surface area contributed by atoms with E-state index in [9.17, 15) is 8.78 Å². The second-order valence-corrected chi connectivity index (χ2v) is 3.44. The van der Waals surface area contributed by atoms with Crippen LogP contribution in [0.4, 0.5) is 8.78 Å². The fourth-order valence-electron chi connectivity index (χ4n) is 1.56. The number of hydrogen-bond donors (Lipinski definition) is 0. The van der Waals surface area contributed by atoms with Gasteiger partial charge in [-0.2, -0.15) is 0 Å². The Morgan fingerprint density at radius 3 is 2.41 bits per heavy atom. The van der Waals surface area contributed by atoms with Crippen molar-refractivity contribution < 1.29 is 8.78 Å². The van der Waals surface area contributed by atoms with Gasteiger partial charge in [-0.1, -0.05) is 0 Å². The number of rotatable bonds is 1. The summed E-state index contributed by atoms with van der Waals surface area (Å²) in [6.45, 7) is 0. The molecule has 0 aliphatic heterocycles. The van der Waals surface area contributed by atoms with E-state index in [0.29, 0.717) is 17.2 Å². The highest BCUT2D eigenvalue weighted by atomic mass is 19.1. The largest absolute Gasteiger partial charge is 0.294 e. The van der Waals surface area contributed by atoms with Gasteiger partial charge in [-0.15, -0.1) is 0 Å². The van der Waals surface area contributed by atoms with Crippen molar-refractivity contribution in [3.8, 4) is 11.5 Å². The zero-order chi connectivity index (χ0) is 11.8. The SMILES string of the molecule is Fc1cnc(-c2cnc3ccc(F)cn23)nc1. The molecule has 0 radical (unpaired) electrons. The quantitative estimate of drug-likeness (QED) is 0.645. The summed E-state index contributed by atoms with van der Waals surface area (Å²) in [6.07, 6.45) is 4.91. The molecule has 0 N–H and O–H groups in total. The summed E-state index contributed by atoms with van der Waals surface area (Å²) in [4.78, 5) is 11.7. The van der Waals surface area contributed by atoms with Crippen LogP contribution in [0.25, 0.3) is 17.2 Å². The first-order chi connectivity index (χ1) is 8.24. The summed E-state index contributed by atoms with van der Waals surface area (Å²) in [5.74, 6) is -0.614. The Morgan fingerprint density at radius 2 is 1.65 bits per heavy atom.